The van der Waals surface area contributed by atoms with Gasteiger partial charge in [-0.05, 0) is 60.2 Å². The number of benzene rings is 2. The number of nitrogens with zero attached hydrogens (tertiary/aromatic N) is 1. The number of nitrogens with one attached hydrogen (secondary N) is 3. The fourth-order valence-electron chi connectivity index (χ4n) is 4.63. The second-order valence-corrected chi connectivity index (χ2v) is 9.14. The normalized spacial score (nSPS) is 23.4. The first-order valence-electron chi connectivity index (χ1n) is 11.2. The number of anilines is 3. The molecule has 3 N–H and O–H groups in total. The lowest BCUT2D eigenvalue weighted by Crippen LogP contribution is -2.38. The molecule has 0 aliphatic carbocycles. The molecular weight excluding hydrogens is 388 g/mol. The van der Waals surface area contributed by atoms with Gasteiger partial charge in [0, 0.05) is 49.7 Å². The second kappa shape index (κ2) is 9.41. The first-order valence-corrected chi connectivity index (χ1v) is 11.2. The van der Waals surface area contributed by atoms with Crippen LogP contribution in [-0.2, 0) is 16.1 Å². The summed E-state index contributed by atoms with van der Waals surface area (Å²) in [6.07, 6.45) is 1.59. The monoisotopic (exact) mass is 420 g/mol. The molecule has 2 amide bonds. The SMILES string of the molecule is CC1CC(C)CN(c2ccc(Nc3ccc(CNC(=O)C4CNC(=O)C4)cc3)cc2)C1. The van der Waals surface area contributed by atoms with Gasteiger partial charge in [0.15, 0.2) is 0 Å². The molecule has 0 spiro atoms. The topological polar surface area (TPSA) is 73.5 Å². The number of hydrogen-bond acceptors (Lipinski definition) is 4. The van der Waals surface area contributed by atoms with Gasteiger partial charge in [-0.3, -0.25) is 9.59 Å². The molecule has 2 aromatic rings. The summed E-state index contributed by atoms with van der Waals surface area (Å²) in [7, 11) is 0. The Morgan fingerprint density at radius 2 is 1.61 bits per heavy atom. The number of carbonyl (C=O) groups is 2. The highest BCUT2D eigenvalue weighted by molar-refractivity contribution is 5.89. The van der Waals surface area contributed by atoms with Crippen LogP contribution in [0.25, 0.3) is 0 Å². The lowest BCUT2D eigenvalue weighted by molar-refractivity contribution is -0.126. The molecule has 31 heavy (non-hydrogen) atoms. The van der Waals surface area contributed by atoms with Crippen LogP contribution in [0.2, 0.25) is 0 Å². The molecule has 6 nitrogen and oxygen atoms in total. The first kappa shape index (κ1) is 21.2. The third-order valence-corrected chi connectivity index (χ3v) is 6.16. The number of carbonyl (C=O) groups excluding carboxylic acids is 2. The van der Waals surface area contributed by atoms with Gasteiger partial charge in [-0.1, -0.05) is 26.0 Å². The van der Waals surface area contributed by atoms with Crippen LogP contribution in [0.5, 0.6) is 0 Å². The van der Waals surface area contributed by atoms with E-state index in [0.717, 1.165) is 41.9 Å². The van der Waals surface area contributed by atoms with Gasteiger partial charge >= 0.3 is 0 Å². The van der Waals surface area contributed by atoms with Gasteiger partial charge in [-0.15, -0.1) is 0 Å². The van der Waals surface area contributed by atoms with Gasteiger partial charge in [0.25, 0.3) is 0 Å². The minimum Gasteiger partial charge on any atom is -0.371 e. The van der Waals surface area contributed by atoms with Crippen LogP contribution >= 0.6 is 0 Å². The Hall–Kier alpha value is -3.02. The number of piperidine rings is 1. The van der Waals surface area contributed by atoms with Crippen molar-refractivity contribution in [3.05, 3.63) is 54.1 Å². The maximum Gasteiger partial charge on any atom is 0.225 e. The molecule has 0 aromatic heterocycles. The molecule has 2 heterocycles. The Morgan fingerprint density at radius 1 is 1.00 bits per heavy atom. The standard InChI is InChI=1S/C25H32N4O2/c1-17-11-18(2)16-29(15-17)23-9-7-22(8-10-23)28-21-5-3-19(4-6-21)13-27-25(31)20-12-24(30)26-14-20/h3-10,17-18,20,28H,11-16H2,1-2H3,(H,26,30)(H,27,31). The molecule has 2 aliphatic heterocycles. The molecule has 2 aromatic carbocycles. The number of hydrogen-bond donors (Lipinski definition) is 3. The lowest BCUT2D eigenvalue weighted by Gasteiger charge is -2.36. The van der Waals surface area contributed by atoms with E-state index >= 15 is 0 Å². The lowest BCUT2D eigenvalue weighted by atomic mass is 9.91. The van der Waals surface area contributed by atoms with E-state index in [1.807, 2.05) is 24.3 Å². The second-order valence-electron chi connectivity index (χ2n) is 9.14. The molecule has 2 saturated heterocycles. The summed E-state index contributed by atoms with van der Waals surface area (Å²) >= 11 is 0. The van der Waals surface area contributed by atoms with E-state index in [4.69, 9.17) is 0 Å². The molecule has 3 atom stereocenters. The van der Waals surface area contributed by atoms with Crippen molar-refractivity contribution in [1.82, 2.24) is 10.6 Å². The molecule has 0 radical (unpaired) electrons. The van der Waals surface area contributed by atoms with E-state index in [-0.39, 0.29) is 24.2 Å². The van der Waals surface area contributed by atoms with E-state index in [1.165, 1.54) is 12.1 Å². The largest absolute Gasteiger partial charge is 0.371 e. The van der Waals surface area contributed by atoms with Crippen molar-refractivity contribution < 1.29 is 9.59 Å². The quantitative estimate of drug-likeness (QED) is 0.667. The van der Waals surface area contributed by atoms with E-state index in [0.29, 0.717) is 13.1 Å². The van der Waals surface area contributed by atoms with E-state index in [9.17, 15) is 9.59 Å². The summed E-state index contributed by atoms with van der Waals surface area (Å²) in [6.45, 7) is 7.82. The van der Waals surface area contributed by atoms with Crippen LogP contribution in [-0.4, -0.2) is 31.4 Å². The summed E-state index contributed by atoms with van der Waals surface area (Å²) in [5.74, 6) is 1.10. The predicted molar refractivity (Wildman–Crippen MR) is 124 cm³/mol. The molecule has 0 bridgehead atoms. The molecule has 3 unspecified atom stereocenters. The van der Waals surface area contributed by atoms with Gasteiger partial charge in [-0.2, -0.15) is 0 Å². The zero-order valence-corrected chi connectivity index (χ0v) is 18.4. The minimum atomic E-state index is -0.257. The molecule has 2 aliphatic rings. The van der Waals surface area contributed by atoms with E-state index < -0.39 is 0 Å². The van der Waals surface area contributed by atoms with Crippen molar-refractivity contribution in [2.45, 2.75) is 33.2 Å². The maximum absolute atomic E-state index is 12.1. The summed E-state index contributed by atoms with van der Waals surface area (Å²) in [4.78, 5) is 25.9. The summed E-state index contributed by atoms with van der Waals surface area (Å²) in [5, 5.41) is 9.05. The van der Waals surface area contributed by atoms with Crippen molar-refractivity contribution in [2.75, 3.05) is 29.9 Å². The average molecular weight is 421 g/mol. The highest BCUT2D eigenvalue weighted by Crippen LogP contribution is 2.28. The van der Waals surface area contributed by atoms with Crippen LogP contribution in [0.3, 0.4) is 0 Å². The van der Waals surface area contributed by atoms with E-state index in [2.05, 4.69) is 59.0 Å². The summed E-state index contributed by atoms with van der Waals surface area (Å²) in [6, 6.07) is 16.7. The van der Waals surface area contributed by atoms with Gasteiger partial charge < -0.3 is 20.9 Å². The third-order valence-electron chi connectivity index (χ3n) is 6.16. The van der Waals surface area contributed by atoms with Gasteiger partial charge in [0.05, 0.1) is 5.92 Å². The summed E-state index contributed by atoms with van der Waals surface area (Å²) < 4.78 is 0. The first-order chi connectivity index (χ1) is 15.0. The van der Waals surface area contributed by atoms with Crippen molar-refractivity contribution in [2.24, 2.45) is 17.8 Å². The zero-order chi connectivity index (χ0) is 21.8. The van der Waals surface area contributed by atoms with E-state index in [1.54, 1.807) is 0 Å². The predicted octanol–water partition coefficient (Wildman–Crippen LogP) is 3.66. The molecule has 6 heteroatoms. The highest BCUT2D eigenvalue weighted by Gasteiger charge is 2.27. The number of rotatable bonds is 6. The minimum absolute atomic E-state index is 0.0522. The Labute approximate surface area is 184 Å². The summed E-state index contributed by atoms with van der Waals surface area (Å²) in [5.41, 5.74) is 4.38. The van der Waals surface area contributed by atoms with Crippen molar-refractivity contribution in [3.8, 4) is 0 Å². The van der Waals surface area contributed by atoms with Crippen molar-refractivity contribution >= 4 is 28.9 Å². The maximum atomic E-state index is 12.1. The van der Waals surface area contributed by atoms with Crippen LogP contribution in [0, 0.1) is 17.8 Å². The zero-order valence-electron chi connectivity index (χ0n) is 18.4. The fourth-order valence-corrected chi connectivity index (χ4v) is 4.63. The molecule has 0 saturated carbocycles. The number of amides is 2. The highest BCUT2D eigenvalue weighted by atomic mass is 16.2. The van der Waals surface area contributed by atoms with Crippen LogP contribution < -0.4 is 20.9 Å². The third kappa shape index (κ3) is 5.57. The average Bonchev–Trinajstić information content (AvgIpc) is 3.19. The van der Waals surface area contributed by atoms with Gasteiger partial charge in [0.2, 0.25) is 11.8 Å². The Morgan fingerprint density at radius 3 is 2.19 bits per heavy atom. The Kier molecular flexibility index (Phi) is 6.44. The van der Waals surface area contributed by atoms with Crippen LogP contribution in [0.1, 0.15) is 32.3 Å². The smallest absolute Gasteiger partial charge is 0.225 e. The Balaban J connectivity index is 1.28. The van der Waals surface area contributed by atoms with Gasteiger partial charge in [0.1, 0.15) is 0 Å². The molecule has 4 rings (SSSR count). The van der Waals surface area contributed by atoms with Crippen molar-refractivity contribution in [3.63, 3.8) is 0 Å². The molecule has 164 valence electrons. The fraction of sp³-hybridized carbons (Fsp3) is 0.440. The molecular formula is C25H32N4O2. The molecule has 2 fully saturated rings. The van der Waals surface area contributed by atoms with Gasteiger partial charge in [-0.25, -0.2) is 0 Å². The van der Waals surface area contributed by atoms with Crippen LogP contribution in [0.15, 0.2) is 48.5 Å². The van der Waals surface area contributed by atoms with Crippen molar-refractivity contribution in [1.29, 1.82) is 0 Å². The Bertz CT molecular complexity index is 900. The van der Waals surface area contributed by atoms with Crippen LogP contribution in [0.4, 0.5) is 17.1 Å².